The maximum Gasteiger partial charge on any atom is 0.0547 e. The molecule has 9 aromatic carbocycles. The molecule has 0 spiro atoms. The number of fused-ring (bicyclic) bond motifs is 7. The van der Waals surface area contributed by atoms with Crippen molar-refractivity contribution in [2.24, 2.45) is 0 Å². The third kappa shape index (κ3) is 4.74. The summed E-state index contributed by atoms with van der Waals surface area (Å²) in [6.45, 7) is 0. The molecule has 2 aromatic heterocycles. The molecule has 0 amide bonds. The van der Waals surface area contributed by atoms with Crippen molar-refractivity contribution in [3.05, 3.63) is 206 Å². The molecule has 0 fully saturated rings. The Morgan fingerprint density at radius 3 is 1.46 bits per heavy atom. The summed E-state index contributed by atoms with van der Waals surface area (Å²) < 4.78 is 4.88. The molecule has 54 heavy (non-hydrogen) atoms. The first-order valence-corrected chi connectivity index (χ1v) is 18.6. The molecule has 0 bridgehead atoms. The zero-order valence-electron chi connectivity index (χ0n) is 29.5. The highest BCUT2D eigenvalue weighted by molar-refractivity contribution is 6.13. The van der Waals surface area contributed by atoms with E-state index in [2.05, 4.69) is 215 Å². The summed E-state index contributed by atoms with van der Waals surface area (Å²) in [7, 11) is 0. The van der Waals surface area contributed by atoms with E-state index >= 15 is 0 Å². The van der Waals surface area contributed by atoms with Crippen molar-refractivity contribution in [3.8, 4) is 44.8 Å². The lowest BCUT2D eigenvalue weighted by Crippen LogP contribution is -1.97. The monoisotopic (exact) mass is 686 g/mol. The van der Waals surface area contributed by atoms with Crippen LogP contribution in [0, 0.1) is 0 Å². The van der Waals surface area contributed by atoms with Gasteiger partial charge in [-0.1, -0.05) is 164 Å². The molecule has 0 saturated carbocycles. The number of para-hydroxylation sites is 3. The predicted molar refractivity (Wildman–Crippen MR) is 229 cm³/mol. The summed E-state index contributed by atoms with van der Waals surface area (Å²) in [6, 6.07) is 75.2. The molecule has 252 valence electrons. The number of aromatic nitrogens is 2. The van der Waals surface area contributed by atoms with Crippen molar-refractivity contribution in [1.82, 2.24) is 9.13 Å². The van der Waals surface area contributed by atoms with Gasteiger partial charge >= 0.3 is 0 Å². The van der Waals surface area contributed by atoms with Gasteiger partial charge in [0.2, 0.25) is 0 Å². The molecule has 11 aromatic rings. The number of nitrogens with zero attached hydrogens (tertiary/aromatic N) is 2. The molecule has 2 nitrogen and oxygen atoms in total. The Labute approximate surface area is 313 Å². The molecule has 0 aliphatic heterocycles. The Hall–Kier alpha value is -7.16. The van der Waals surface area contributed by atoms with Gasteiger partial charge in [0, 0.05) is 32.8 Å². The summed E-state index contributed by atoms with van der Waals surface area (Å²) >= 11 is 0. The van der Waals surface area contributed by atoms with E-state index in [0.29, 0.717) is 0 Å². The van der Waals surface area contributed by atoms with Gasteiger partial charge < -0.3 is 9.13 Å². The van der Waals surface area contributed by atoms with Crippen LogP contribution in [0.5, 0.6) is 0 Å². The van der Waals surface area contributed by atoms with Crippen molar-refractivity contribution < 1.29 is 0 Å². The minimum absolute atomic E-state index is 1.15. The van der Waals surface area contributed by atoms with E-state index in [9.17, 15) is 0 Å². The smallest absolute Gasteiger partial charge is 0.0547 e. The van der Waals surface area contributed by atoms with Gasteiger partial charge in [0.05, 0.1) is 27.8 Å². The first-order chi connectivity index (χ1) is 26.8. The zero-order chi connectivity index (χ0) is 35.6. The summed E-state index contributed by atoms with van der Waals surface area (Å²) in [5.41, 5.74) is 14.4. The number of rotatable bonds is 5. The minimum Gasteiger partial charge on any atom is -0.309 e. The van der Waals surface area contributed by atoms with Gasteiger partial charge in [-0.2, -0.15) is 0 Å². The van der Waals surface area contributed by atoms with E-state index in [1.807, 2.05) is 0 Å². The van der Waals surface area contributed by atoms with Crippen molar-refractivity contribution in [2.75, 3.05) is 0 Å². The van der Waals surface area contributed by atoms with Gasteiger partial charge in [0.1, 0.15) is 0 Å². The third-order valence-electron chi connectivity index (χ3n) is 11.1. The molecule has 0 saturated heterocycles. The Balaban J connectivity index is 1.11. The van der Waals surface area contributed by atoms with Gasteiger partial charge in [-0.15, -0.1) is 0 Å². The van der Waals surface area contributed by atoms with Crippen LogP contribution < -0.4 is 0 Å². The quantitative estimate of drug-likeness (QED) is 0.171. The van der Waals surface area contributed by atoms with Crippen LogP contribution in [0.15, 0.2) is 206 Å². The number of benzene rings is 9. The van der Waals surface area contributed by atoms with Crippen LogP contribution in [0.25, 0.3) is 99.1 Å². The van der Waals surface area contributed by atoms with Crippen LogP contribution in [0.3, 0.4) is 0 Å². The standard InChI is InChI=1S/C52H34N2/c1-2-13-35(14-3-1)36-25-29-40(30-26-36)53-48-22-9-7-19-44(48)46-31-27-38(33-51(46)53)39-28-32-47-45-20-8-11-24-50(45)54(52(47)34-39)49-23-10-6-18-43(49)42-21-12-16-37-15-4-5-17-41(37)42/h1-34H. The molecular formula is C52H34N2. The maximum atomic E-state index is 2.47. The van der Waals surface area contributed by atoms with Crippen molar-refractivity contribution in [2.45, 2.75) is 0 Å². The molecule has 0 aliphatic rings. The lowest BCUT2D eigenvalue weighted by atomic mass is 9.97. The second-order valence-corrected chi connectivity index (χ2v) is 14.1. The van der Waals surface area contributed by atoms with E-state index in [4.69, 9.17) is 0 Å². The van der Waals surface area contributed by atoms with E-state index in [0.717, 1.165) is 5.69 Å². The molecule has 0 unspecified atom stereocenters. The molecular weight excluding hydrogens is 653 g/mol. The number of hydrogen-bond acceptors (Lipinski definition) is 0. The van der Waals surface area contributed by atoms with Crippen LogP contribution >= 0.6 is 0 Å². The van der Waals surface area contributed by atoms with E-state index in [1.54, 1.807) is 0 Å². The highest BCUT2D eigenvalue weighted by atomic mass is 15.0. The van der Waals surface area contributed by atoms with Gasteiger partial charge in [-0.05, 0) is 81.1 Å². The first-order valence-electron chi connectivity index (χ1n) is 18.6. The minimum atomic E-state index is 1.15. The van der Waals surface area contributed by atoms with E-state index in [-0.39, 0.29) is 0 Å². The average molecular weight is 687 g/mol. The molecule has 0 N–H and O–H groups in total. The normalized spacial score (nSPS) is 11.7. The lowest BCUT2D eigenvalue weighted by Gasteiger charge is -2.16. The van der Waals surface area contributed by atoms with Gasteiger partial charge in [0.15, 0.2) is 0 Å². The Bertz CT molecular complexity index is 3190. The Morgan fingerprint density at radius 1 is 0.259 bits per heavy atom. The van der Waals surface area contributed by atoms with Crippen LogP contribution in [-0.2, 0) is 0 Å². The topological polar surface area (TPSA) is 9.86 Å². The summed E-state index contributed by atoms with van der Waals surface area (Å²) in [5.74, 6) is 0. The van der Waals surface area contributed by atoms with Crippen molar-refractivity contribution >= 4 is 54.4 Å². The highest BCUT2D eigenvalue weighted by Gasteiger charge is 2.18. The van der Waals surface area contributed by atoms with Crippen LogP contribution in [0.2, 0.25) is 0 Å². The lowest BCUT2D eigenvalue weighted by molar-refractivity contribution is 1.18. The van der Waals surface area contributed by atoms with Crippen LogP contribution in [-0.4, -0.2) is 9.13 Å². The molecule has 0 atom stereocenters. The highest BCUT2D eigenvalue weighted by Crippen LogP contribution is 2.41. The predicted octanol–water partition coefficient (Wildman–Crippen LogP) is 14.0. The average Bonchev–Trinajstić information content (AvgIpc) is 3.76. The maximum absolute atomic E-state index is 2.47. The molecule has 0 aliphatic carbocycles. The van der Waals surface area contributed by atoms with Gasteiger partial charge in [-0.3, -0.25) is 0 Å². The largest absolute Gasteiger partial charge is 0.309 e. The summed E-state index contributed by atoms with van der Waals surface area (Å²) in [5, 5.41) is 7.51. The van der Waals surface area contributed by atoms with Crippen molar-refractivity contribution in [3.63, 3.8) is 0 Å². The van der Waals surface area contributed by atoms with E-state index < -0.39 is 0 Å². The van der Waals surface area contributed by atoms with Gasteiger partial charge in [0.25, 0.3) is 0 Å². The molecule has 11 rings (SSSR count). The molecule has 2 heterocycles. The Kier molecular flexibility index (Phi) is 6.90. The second-order valence-electron chi connectivity index (χ2n) is 14.1. The fourth-order valence-electron chi connectivity index (χ4n) is 8.63. The zero-order valence-corrected chi connectivity index (χ0v) is 29.5. The second kappa shape index (κ2) is 12.2. The van der Waals surface area contributed by atoms with Crippen LogP contribution in [0.4, 0.5) is 0 Å². The first kappa shape index (κ1) is 30.5. The summed E-state index contributed by atoms with van der Waals surface area (Å²) in [4.78, 5) is 0. The fraction of sp³-hybridized carbons (Fsp3) is 0. The SMILES string of the molecule is c1ccc(-c2ccc(-n3c4ccccc4c4ccc(-c5ccc6c7ccccc7n(-c7ccccc7-c7cccc8ccccc78)c6c5)cc43)cc2)cc1. The molecule has 0 radical (unpaired) electrons. The van der Waals surface area contributed by atoms with Gasteiger partial charge in [-0.25, -0.2) is 0 Å². The van der Waals surface area contributed by atoms with E-state index in [1.165, 1.54) is 93.5 Å². The number of hydrogen-bond donors (Lipinski definition) is 0. The third-order valence-corrected chi connectivity index (χ3v) is 11.1. The molecule has 2 heteroatoms. The Morgan fingerprint density at radius 2 is 0.741 bits per heavy atom. The fourth-order valence-corrected chi connectivity index (χ4v) is 8.63. The summed E-state index contributed by atoms with van der Waals surface area (Å²) in [6.07, 6.45) is 0. The van der Waals surface area contributed by atoms with Crippen LogP contribution in [0.1, 0.15) is 0 Å². The van der Waals surface area contributed by atoms with Crippen molar-refractivity contribution in [1.29, 1.82) is 0 Å².